The summed E-state index contributed by atoms with van der Waals surface area (Å²) in [5.41, 5.74) is 2.95. The Morgan fingerprint density at radius 1 is 1.12 bits per heavy atom. The average Bonchev–Trinajstić information content (AvgIpc) is 2.85. The molecule has 0 spiro atoms. The molecule has 0 aromatic heterocycles. The average molecular weight is 566 g/mol. The zero-order valence-corrected chi connectivity index (χ0v) is 22.3. The lowest BCUT2D eigenvalue weighted by Gasteiger charge is -2.37. The van der Waals surface area contributed by atoms with Crippen LogP contribution in [0, 0.1) is 0 Å². The van der Waals surface area contributed by atoms with Crippen LogP contribution in [0.2, 0.25) is 0 Å². The third-order valence-corrected chi connectivity index (χ3v) is 5.86. The maximum atomic E-state index is 12.4. The van der Waals surface area contributed by atoms with E-state index in [4.69, 9.17) is 4.74 Å². The van der Waals surface area contributed by atoms with E-state index in [9.17, 15) is 4.79 Å². The summed E-state index contributed by atoms with van der Waals surface area (Å²) in [5.74, 6) is 1.73. The zero-order chi connectivity index (χ0) is 22.9. The molecule has 1 fully saturated rings. The smallest absolute Gasteiger partial charge is 0.251 e. The van der Waals surface area contributed by atoms with Gasteiger partial charge in [-0.3, -0.25) is 9.79 Å². The Bertz CT molecular complexity index is 911. The van der Waals surface area contributed by atoms with Gasteiger partial charge in [-0.1, -0.05) is 19.1 Å². The summed E-state index contributed by atoms with van der Waals surface area (Å²) in [6, 6.07) is 16.1. The van der Waals surface area contributed by atoms with E-state index in [1.54, 1.807) is 7.11 Å². The molecule has 2 aromatic carbocycles. The normalized spacial score (nSPS) is 14.8. The van der Waals surface area contributed by atoms with Crippen molar-refractivity contribution in [1.29, 1.82) is 0 Å². The van der Waals surface area contributed by atoms with Crippen LogP contribution in [-0.2, 0) is 6.54 Å². The number of benzene rings is 2. The number of carbonyl (C=O) groups is 1. The minimum absolute atomic E-state index is 0. The highest BCUT2D eigenvalue weighted by Crippen LogP contribution is 2.20. The molecule has 1 unspecified atom stereocenters. The van der Waals surface area contributed by atoms with Gasteiger partial charge in [0, 0.05) is 57.1 Å². The van der Waals surface area contributed by atoms with Crippen molar-refractivity contribution >= 4 is 41.5 Å². The van der Waals surface area contributed by atoms with Gasteiger partial charge >= 0.3 is 0 Å². The van der Waals surface area contributed by atoms with Gasteiger partial charge < -0.3 is 25.2 Å². The van der Waals surface area contributed by atoms with Crippen LogP contribution in [0.15, 0.2) is 53.5 Å². The number of guanidine groups is 1. The third-order valence-electron chi connectivity index (χ3n) is 5.86. The van der Waals surface area contributed by atoms with Crippen LogP contribution >= 0.6 is 24.0 Å². The van der Waals surface area contributed by atoms with Crippen LogP contribution in [0.5, 0.6) is 5.75 Å². The molecule has 1 heterocycles. The molecule has 0 aliphatic carbocycles. The van der Waals surface area contributed by atoms with Crippen molar-refractivity contribution in [2.75, 3.05) is 45.2 Å². The molecule has 2 N–H and O–H groups in total. The van der Waals surface area contributed by atoms with Crippen molar-refractivity contribution in [2.24, 2.45) is 4.99 Å². The van der Waals surface area contributed by atoms with Gasteiger partial charge in [0.15, 0.2) is 5.96 Å². The number of anilines is 1. The molecule has 1 aliphatic heterocycles. The summed E-state index contributed by atoms with van der Waals surface area (Å²) in [5, 5.41) is 6.47. The van der Waals surface area contributed by atoms with Crippen LogP contribution in [0.4, 0.5) is 5.69 Å². The van der Waals surface area contributed by atoms with E-state index in [1.807, 2.05) is 50.4 Å². The van der Waals surface area contributed by atoms with Gasteiger partial charge in [-0.05, 0) is 55.3 Å². The standard InChI is InChI=1S/C25H35N5O2.HI/c1-5-19(2)28-24(31)21-8-6-7-20(17-21)18-27-25(26-3)30-15-13-29(14-16-30)22-9-11-23(32-4)12-10-22;/h6-12,17,19H,5,13-16,18H2,1-4H3,(H,26,27)(H,28,31);1H. The van der Waals surface area contributed by atoms with Gasteiger partial charge in [-0.2, -0.15) is 0 Å². The van der Waals surface area contributed by atoms with Gasteiger partial charge in [-0.15, -0.1) is 24.0 Å². The Kier molecular flexibility index (Phi) is 10.8. The summed E-state index contributed by atoms with van der Waals surface area (Å²) >= 11 is 0. The summed E-state index contributed by atoms with van der Waals surface area (Å²) in [7, 11) is 3.50. The highest BCUT2D eigenvalue weighted by atomic mass is 127. The van der Waals surface area contributed by atoms with E-state index >= 15 is 0 Å². The molecule has 7 nitrogen and oxygen atoms in total. The second-order valence-electron chi connectivity index (χ2n) is 8.06. The summed E-state index contributed by atoms with van der Waals surface area (Å²) in [6.07, 6.45) is 0.912. The van der Waals surface area contributed by atoms with E-state index in [2.05, 4.69) is 44.5 Å². The molecule has 0 saturated carbocycles. The molecule has 1 atom stereocenters. The number of piperazine rings is 1. The maximum Gasteiger partial charge on any atom is 0.251 e. The van der Waals surface area contributed by atoms with Crippen molar-refractivity contribution in [1.82, 2.24) is 15.5 Å². The number of aliphatic imine (C=N–C) groups is 1. The second-order valence-corrected chi connectivity index (χ2v) is 8.06. The van der Waals surface area contributed by atoms with Crippen LogP contribution in [-0.4, -0.2) is 63.1 Å². The van der Waals surface area contributed by atoms with E-state index in [0.717, 1.165) is 49.9 Å². The predicted octanol–water partition coefficient (Wildman–Crippen LogP) is 3.74. The summed E-state index contributed by atoms with van der Waals surface area (Å²) in [4.78, 5) is 21.5. The molecule has 1 aliphatic rings. The lowest BCUT2D eigenvalue weighted by Crippen LogP contribution is -2.52. The molecule has 8 heteroatoms. The minimum atomic E-state index is -0.0276. The second kappa shape index (κ2) is 13.3. The van der Waals surface area contributed by atoms with Gasteiger partial charge in [0.1, 0.15) is 5.75 Å². The van der Waals surface area contributed by atoms with Crippen molar-refractivity contribution in [3.63, 3.8) is 0 Å². The Labute approximate surface area is 214 Å². The Balaban J connectivity index is 0.00000385. The molecule has 0 radical (unpaired) electrons. The van der Waals surface area contributed by atoms with Crippen LogP contribution in [0.1, 0.15) is 36.2 Å². The van der Waals surface area contributed by atoms with E-state index < -0.39 is 0 Å². The van der Waals surface area contributed by atoms with Gasteiger partial charge in [-0.25, -0.2) is 0 Å². The molecule has 180 valence electrons. The van der Waals surface area contributed by atoms with E-state index in [-0.39, 0.29) is 35.9 Å². The molecule has 1 amide bonds. The quantitative estimate of drug-likeness (QED) is 0.304. The Morgan fingerprint density at radius 3 is 2.42 bits per heavy atom. The fraction of sp³-hybridized carbons (Fsp3) is 0.440. The lowest BCUT2D eigenvalue weighted by atomic mass is 10.1. The molecule has 3 rings (SSSR count). The molecule has 33 heavy (non-hydrogen) atoms. The van der Waals surface area contributed by atoms with Gasteiger partial charge in [0.25, 0.3) is 5.91 Å². The Morgan fingerprint density at radius 2 is 1.82 bits per heavy atom. The maximum absolute atomic E-state index is 12.4. The fourth-order valence-electron chi connectivity index (χ4n) is 3.71. The number of nitrogens with zero attached hydrogens (tertiary/aromatic N) is 3. The molecule has 0 bridgehead atoms. The molecular weight excluding hydrogens is 529 g/mol. The third kappa shape index (κ3) is 7.52. The first kappa shape index (κ1) is 26.8. The van der Waals surface area contributed by atoms with Crippen molar-refractivity contribution in [3.05, 3.63) is 59.7 Å². The van der Waals surface area contributed by atoms with Gasteiger partial charge in [0.05, 0.1) is 7.11 Å². The van der Waals surface area contributed by atoms with Crippen LogP contribution in [0.25, 0.3) is 0 Å². The number of amides is 1. The molecule has 1 saturated heterocycles. The SMILES string of the molecule is CCC(C)NC(=O)c1cccc(CNC(=NC)N2CCN(c3ccc(OC)cc3)CC2)c1.I. The number of hydrogen-bond donors (Lipinski definition) is 2. The summed E-state index contributed by atoms with van der Waals surface area (Å²) in [6.45, 7) is 8.34. The highest BCUT2D eigenvalue weighted by molar-refractivity contribution is 14.0. The first-order valence-corrected chi connectivity index (χ1v) is 11.3. The minimum Gasteiger partial charge on any atom is -0.497 e. The predicted molar refractivity (Wildman–Crippen MR) is 146 cm³/mol. The number of carbonyl (C=O) groups excluding carboxylic acids is 1. The monoisotopic (exact) mass is 565 g/mol. The van der Waals surface area contributed by atoms with Crippen molar-refractivity contribution in [3.8, 4) is 5.75 Å². The number of hydrogen-bond acceptors (Lipinski definition) is 4. The number of nitrogens with one attached hydrogen (secondary N) is 2. The lowest BCUT2D eigenvalue weighted by molar-refractivity contribution is 0.0939. The molecule has 2 aromatic rings. The summed E-state index contributed by atoms with van der Waals surface area (Å²) < 4.78 is 5.25. The topological polar surface area (TPSA) is 69.2 Å². The van der Waals surface area contributed by atoms with Crippen LogP contribution in [0.3, 0.4) is 0 Å². The largest absolute Gasteiger partial charge is 0.497 e. The zero-order valence-electron chi connectivity index (χ0n) is 20.0. The fourth-order valence-corrected chi connectivity index (χ4v) is 3.71. The van der Waals surface area contributed by atoms with Gasteiger partial charge in [0.2, 0.25) is 0 Å². The first-order valence-electron chi connectivity index (χ1n) is 11.3. The van der Waals surface area contributed by atoms with E-state index in [0.29, 0.717) is 12.1 Å². The highest BCUT2D eigenvalue weighted by Gasteiger charge is 2.20. The van der Waals surface area contributed by atoms with Crippen molar-refractivity contribution in [2.45, 2.75) is 32.9 Å². The first-order chi connectivity index (χ1) is 15.5. The molecular formula is C25H36IN5O2. The Hall–Kier alpha value is -2.49. The number of rotatable bonds is 7. The van der Waals surface area contributed by atoms with E-state index in [1.165, 1.54) is 5.69 Å². The number of ether oxygens (including phenoxy) is 1. The number of methoxy groups -OCH3 is 1. The van der Waals surface area contributed by atoms with Crippen LogP contribution < -0.4 is 20.3 Å². The number of halogens is 1. The van der Waals surface area contributed by atoms with Crippen molar-refractivity contribution < 1.29 is 9.53 Å².